The Kier molecular flexibility index (Phi) is 5.66. The molecule has 0 fully saturated rings. The molecule has 2 rings (SSSR count). The van der Waals surface area contributed by atoms with E-state index in [9.17, 15) is 4.79 Å². The first kappa shape index (κ1) is 18.1. The number of rotatable bonds is 5. The molecule has 0 radical (unpaired) electrons. The zero-order chi connectivity index (χ0) is 17.9. The summed E-state index contributed by atoms with van der Waals surface area (Å²) in [4.78, 5) is 12.5. The molecule has 3 nitrogen and oxygen atoms in total. The Hall–Kier alpha value is -2.29. The molecule has 0 unspecified atom stereocenters. The minimum atomic E-state index is -0.0729. The van der Waals surface area contributed by atoms with Gasteiger partial charge in [0.25, 0.3) is 5.91 Å². The van der Waals surface area contributed by atoms with Crippen LogP contribution in [0.1, 0.15) is 59.4 Å². The van der Waals surface area contributed by atoms with Gasteiger partial charge in [-0.25, -0.2) is 0 Å². The molecular formula is C21H27NO2. The van der Waals surface area contributed by atoms with Gasteiger partial charge in [0.15, 0.2) is 0 Å². The summed E-state index contributed by atoms with van der Waals surface area (Å²) in [5.74, 6) is 0.704. The maximum atomic E-state index is 12.5. The van der Waals surface area contributed by atoms with E-state index in [0.717, 1.165) is 11.3 Å². The van der Waals surface area contributed by atoms with Crippen LogP contribution >= 0.6 is 0 Å². The number of hydrogen-bond donors (Lipinski definition) is 1. The molecule has 1 atom stereocenters. The highest BCUT2D eigenvalue weighted by atomic mass is 16.5. The molecule has 0 aliphatic heterocycles. The van der Waals surface area contributed by atoms with E-state index in [1.165, 1.54) is 16.7 Å². The number of ether oxygens (including phenoxy) is 1. The fourth-order valence-corrected chi connectivity index (χ4v) is 2.76. The molecule has 0 spiro atoms. The molecule has 24 heavy (non-hydrogen) atoms. The minimum Gasteiger partial charge on any atom is -0.491 e. The predicted molar refractivity (Wildman–Crippen MR) is 98.7 cm³/mol. The van der Waals surface area contributed by atoms with Crippen LogP contribution < -0.4 is 10.1 Å². The lowest BCUT2D eigenvalue weighted by molar-refractivity contribution is 0.0940. The third kappa shape index (κ3) is 4.38. The van der Waals surface area contributed by atoms with Gasteiger partial charge in [0.05, 0.1) is 12.1 Å². The van der Waals surface area contributed by atoms with Crippen molar-refractivity contribution in [3.63, 3.8) is 0 Å². The molecule has 0 aliphatic rings. The number of carbonyl (C=O) groups is 1. The molecule has 0 saturated heterocycles. The van der Waals surface area contributed by atoms with E-state index >= 15 is 0 Å². The van der Waals surface area contributed by atoms with E-state index in [0.29, 0.717) is 5.56 Å². The van der Waals surface area contributed by atoms with Crippen LogP contribution in [0.3, 0.4) is 0 Å². The lowest BCUT2D eigenvalue weighted by Gasteiger charge is -2.18. The monoisotopic (exact) mass is 325 g/mol. The second-order valence-electron chi connectivity index (χ2n) is 6.68. The number of aryl methyl sites for hydroxylation is 3. The Morgan fingerprint density at radius 3 is 2.08 bits per heavy atom. The SMILES string of the molecule is Cc1cc(C)c([C@@H](C)NC(=O)c2ccc(OC(C)C)cc2)cc1C. The van der Waals surface area contributed by atoms with Crippen molar-refractivity contribution in [3.05, 3.63) is 64.2 Å². The van der Waals surface area contributed by atoms with Crippen molar-refractivity contribution >= 4 is 5.91 Å². The van der Waals surface area contributed by atoms with Crippen LogP contribution in [0.5, 0.6) is 5.75 Å². The first-order chi connectivity index (χ1) is 11.3. The van der Waals surface area contributed by atoms with Crippen LogP contribution in [0.2, 0.25) is 0 Å². The van der Waals surface area contributed by atoms with Crippen LogP contribution in [-0.4, -0.2) is 12.0 Å². The van der Waals surface area contributed by atoms with Gasteiger partial charge in [-0.3, -0.25) is 4.79 Å². The zero-order valence-electron chi connectivity index (χ0n) is 15.4. The van der Waals surface area contributed by atoms with Crippen LogP contribution in [0, 0.1) is 20.8 Å². The molecule has 0 saturated carbocycles. The fourth-order valence-electron chi connectivity index (χ4n) is 2.76. The quantitative estimate of drug-likeness (QED) is 0.850. The second-order valence-corrected chi connectivity index (χ2v) is 6.68. The average Bonchev–Trinajstić information content (AvgIpc) is 2.50. The molecule has 0 heterocycles. The molecule has 0 aromatic heterocycles. The van der Waals surface area contributed by atoms with E-state index in [4.69, 9.17) is 4.74 Å². The fraction of sp³-hybridized carbons (Fsp3) is 0.381. The predicted octanol–water partition coefficient (Wildman–Crippen LogP) is 4.89. The summed E-state index contributed by atoms with van der Waals surface area (Å²) in [5.41, 5.74) is 5.51. The van der Waals surface area contributed by atoms with Crippen molar-refractivity contribution in [2.75, 3.05) is 0 Å². The lowest BCUT2D eigenvalue weighted by atomic mass is 9.96. The summed E-state index contributed by atoms with van der Waals surface area (Å²) in [7, 11) is 0. The van der Waals surface area contributed by atoms with Gasteiger partial charge in [-0.15, -0.1) is 0 Å². The third-order valence-corrected chi connectivity index (χ3v) is 4.18. The van der Waals surface area contributed by atoms with Crippen LogP contribution in [0.25, 0.3) is 0 Å². The van der Waals surface area contributed by atoms with Crippen LogP contribution in [0.15, 0.2) is 36.4 Å². The van der Waals surface area contributed by atoms with E-state index in [1.54, 1.807) is 12.1 Å². The maximum Gasteiger partial charge on any atom is 0.251 e. The topological polar surface area (TPSA) is 38.3 Å². The molecular weight excluding hydrogens is 298 g/mol. The molecule has 0 aliphatic carbocycles. The Morgan fingerprint density at radius 1 is 0.917 bits per heavy atom. The molecule has 2 aromatic rings. The summed E-state index contributed by atoms with van der Waals surface area (Å²) in [6, 6.07) is 11.6. The third-order valence-electron chi connectivity index (χ3n) is 4.18. The Labute approximate surface area is 145 Å². The number of hydrogen-bond acceptors (Lipinski definition) is 2. The summed E-state index contributed by atoms with van der Waals surface area (Å²) in [6.45, 7) is 12.3. The highest BCUT2D eigenvalue weighted by molar-refractivity contribution is 5.94. The number of carbonyl (C=O) groups excluding carboxylic acids is 1. The minimum absolute atomic E-state index is 0.0385. The number of benzene rings is 2. The average molecular weight is 325 g/mol. The first-order valence-electron chi connectivity index (χ1n) is 8.43. The van der Waals surface area contributed by atoms with Gasteiger partial charge in [-0.2, -0.15) is 0 Å². The van der Waals surface area contributed by atoms with Crippen LogP contribution in [0.4, 0.5) is 0 Å². The largest absolute Gasteiger partial charge is 0.491 e. The summed E-state index contributed by atoms with van der Waals surface area (Å²) in [5, 5.41) is 3.08. The van der Waals surface area contributed by atoms with Gasteiger partial charge in [0.2, 0.25) is 0 Å². The van der Waals surface area contributed by atoms with Crippen molar-refractivity contribution in [2.45, 2.75) is 53.7 Å². The number of nitrogens with one attached hydrogen (secondary N) is 1. The molecule has 1 amide bonds. The summed E-state index contributed by atoms with van der Waals surface area (Å²) < 4.78 is 5.61. The highest BCUT2D eigenvalue weighted by Crippen LogP contribution is 2.22. The van der Waals surface area contributed by atoms with E-state index in [2.05, 4.69) is 38.2 Å². The second kappa shape index (κ2) is 7.52. The van der Waals surface area contributed by atoms with Crippen molar-refractivity contribution in [1.82, 2.24) is 5.32 Å². The summed E-state index contributed by atoms with van der Waals surface area (Å²) >= 11 is 0. The van der Waals surface area contributed by atoms with Crippen molar-refractivity contribution in [2.24, 2.45) is 0 Å². The normalized spacial score (nSPS) is 12.1. The Balaban J connectivity index is 2.10. The van der Waals surface area contributed by atoms with Gasteiger partial charge in [-0.1, -0.05) is 12.1 Å². The van der Waals surface area contributed by atoms with Gasteiger partial charge < -0.3 is 10.1 Å². The smallest absolute Gasteiger partial charge is 0.251 e. The van der Waals surface area contributed by atoms with E-state index in [-0.39, 0.29) is 18.1 Å². The lowest BCUT2D eigenvalue weighted by Crippen LogP contribution is -2.27. The Bertz CT molecular complexity index is 717. The zero-order valence-corrected chi connectivity index (χ0v) is 15.4. The van der Waals surface area contributed by atoms with E-state index in [1.807, 2.05) is 32.9 Å². The molecule has 0 bridgehead atoms. The summed E-state index contributed by atoms with van der Waals surface area (Å²) in [6.07, 6.45) is 0.123. The van der Waals surface area contributed by atoms with Crippen molar-refractivity contribution in [1.29, 1.82) is 0 Å². The van der Waals surface area contributed by atoms with Crippen molar-refractivity contribution in [3.8, 4) is 5.75 Å². The standard InChI is InChI=1S/C21H27NO2/c1-13(2)24-19-9-7-18(8-10-19)21(23)22-17(6)20-12-15(4)14(3)11-16(20)5/h7-13,17H,1-6H3,(H,22,23)/t17-/m1/s1. The molecule has 2 aromatic carbocycles. The van der Waals surface area contributed by atoms with Gasteiger partial charge in [0.1, 0.15) is 5.75 Å². The highest BCUT2D eigenvalue weighted by Gasteiger charge is 2.14. The van der Waals surface area contributed by atoms with Gasteiger partial charge in [0, 0.05) is 5.56 Å². The van der Waals surface area contributed by atoms with Crippen molar-refractivity contribution < 1.29 is 9.53 Å². The number of amides is 1. The first-order valence-corrected chi connectivity index (χ1v) is 8.43. The van der Waals surface area contributed by atoms with Gasteiger partial charge in [-0.05, 0) is 88.1 Å². The molecule has 1 N–H and O–H groups in total. The van der Waals surface area contributed by atoms with E-state index < -0.39 is 0 Å². The van der Waals surface area contributed by atoms with Crippen LogP contribution in [-0.2, 0) is 0 Å². The molecule has 3 heteroatoms. The van der Waals surface area contributed by atoms with Gasteiger partial charge >= 0.3 is 0 Å². The Morgan fingerprint density at radius 2 is 1.50 bits per heavy atom. The molecule has 128 valence electrons. The maximum absolute atomic E-state index is 12.5.